The van der Waals surface area contributed by atoms with Gasteiger partial charge < -0.3 is 9.47 Å². The molecule has 0 spiro atoms. The molecule has 16 heavy (non-hydrogen) atoms. The number of hydrogen-bond donors (Lipinski definition) is 0. The highest BCUT2D eigenvalue weighted by Gasteiger charge is 2.19. The third-order valence-corrected chi connectivity index (χ3v) is 2.81. The largest absolute Gasteiger partial charge is 0.465 e. The van der Waals surface area contributed by atoms with Gasteiger partial charge in [0.2, 0.25) is 0 Å². The number of halogens is 3. The van der Waals surface area contributed by atoms with Crippen molar-refractivity contribution < 1.29 is 23.0 Å². The number of methoxy groups -OCH3 is 1. The molecule has 0 heterocycles. The molecule has 0 atom stereocenters. The average molecular weight is 295 g/mol. The van der Waals surface area contributed by atoms with Crippen LogP contribution in [0.1, 0.15) is 15.9 Å². The van der Waals surface area contributed by atoms with Gasteiger partial charge in [-0.15, -0.1) is 0 Å². The molecule has 1 aromatic carbocycles. The predicted octanol–water partition coefficient (Wildman–Crippen LogP) is 3.15. The first-order chi connectivity index (χ1) is 7.47. The van der Waals surface area contributed by atoms with Gasteiger partial charge in [-0.2, -0.15) is 8.78 Å². The van der Waals surface area contributed by atoms with Gasteiger partial charge in [-0.1, -0.05) is 15.9 Å². The van der Waals surface area contributed by atoms with E-state index in [2.05, 4.69) is 25.4 Å². The van der Waals surface area contributed by atoms with E-state index in [1.165, 1.54) is 13.2 Å². The number of alkyl halides is 2. The lowest BCUT2D eigenvalue weighted by molar-refractivity contribution is -0.0509. The minimum absolute atomic E-state index is 0.0245. The highest BCUT2D eigenvalue weighted by atomic mass is 79.9. The molecule has 0 radical (unpaired) electrons. The molecular formula is C10H9BrF2O3. The van der Waals surface area contributed by atoms with E-state index in [0.29, 0.717) is 10.0 Å². The third-order valence-electron chi connectivity index (χ3n) is 1.95. The van der Waals surface area contributed by atoms with Crippen molar-refractivity contribution in [1.29, 1.82) is 0 Å². The zero-order chi connectivity index (χ0) is 12.3. The summed E-state index contributed by atoms with van der Waals surface area (Å²) < 4.78 is 33.7. The van der Waals surface area contributed by atoms with Gasteiger partial charge in [-0.25, -0.2) is 4.79 Å². The molecule has 0 N–H and O–H groups in total. The Bertz CT molecular complexity index is 407. The molecule has 0 fully saturated rings. The number of rotatable bonds is 3. The van der Waals surface area contributed by atoms with E-state index < -0.39 is 12.6 Å². The number of carbonyl (C=O) groups excluding carboxylic acids is 1. The number of carbonyl (C=O) groups is 1. The second-order valence-corrected chi connectivity index (χ2v) is 3.77. The van der Waals surface area contributed by atoms with Gasteiger partial charge >= 0.3 is 12.6 Å². The van der Waals surface area contributed by atoms with Crippen LogP contribution in [0.25, 0.3) is 0 Å². The van der Waals surface area contributed by atoms with Crippen molar-refractivity contribution >= 4 is 21.9 Å². The van der Waals surface area contributed by atoms with E-state index in [-0.39, 0.29) is 11.3 Å². The molecule has 0 aliphatic rings. The summed E-state index contributed by atoms with van der Waals surface area (Å²) in [6.45, 7) is -1.43. The van der Waals surface area contributed by atoms with Crippen molar-refractivity contribution in [2.45, 2.75) is 13.5 Å². The van der Waals surface area contributed by atoms with Gasteiger partial charge in [-0.05, 0) is 19.1 Å². The van der Waals surface area contributed by atoms with Gasteiger partial charge in [0, 0.05) is 10.0 Å². The Morgan fingerprint density at radius 1 is 1.44 bits per heavy atom. The zero-order valence-corrected chi connectivity index (χ0v) is 10.2. The van der Waals surface area contributed by atoms with Crippen molar-refractivity contribution in [3.05, 3.63) is 27.7 Å². The van der Waals surface area contributed by atoms with Crippen LogP contribution in [0.5, 0.6) is 5.75 Å². The molecule has 88 valence electrons. The van der Waals surface area contributed by atoms with Gasteiger partial charge in [-0.3, -0.25) is 0 Å². The Morgan fingerprint density at radius 3 is 2.56 bits per heavy atom. The highest BCUT2D eigenvalue weighted by Crippen LogP contribution is 2.31. The molecule has 0 aliphatic heterocycles. The van der Waals surface area contributed by atoms with Gasteiger partial charge in [0.05, 0.1) is 7.11 Å². The molecule has 0 amide bonds. The van der Waals surface area contributed by atoms with E-state index >= 15 is 0 Å². The summed E-state index contributed by atoms with van der Waals surface area (Å²) in [7, 11) is 1.17. The third kappa shape index (κ3) is 2.69. The Kier molecular flexibility index (Phi) is 4.23. The van der Waals surface area contributed by atoms with Crippen molar-refractivity contribution in [3.63, 3.8) is 0 Å². The van der Waals surface area contributed by atoms with Crippen LogP contribution < -0.4 is 4.74 Å². The Hall–Kier alpha value is -1.17. The first-order valence-corrected chi connectivity index (χ1v) is 5.09. The summed E-state index contributed by atoms with van der Waals surface area (Å²) in [4.78, 5) is 11.3. The fraction of sp³-hybridized carbons (Fsp3) is 0.300. The van der Waals surface area contributed by atoms with E-state index in [9.17, 15) is 13.6 Å². The zero-order valence-electron chi connectivity index (χ0n) is 8.59. The molecular weight excluding hydrogens is 286 g/mol. The summed E-state index contributed by atoms with van der Waals surface area (Å²) in [6, 6.07) is 2.93. The molecule has 3 nitrogen and oxygen atoms in total. The minimum Gasteiger partial charge on any atom is -0.465 e. The maximum atomic E-state index is 12.2. The summed E-state index contributed by atoms with van der Waals surface area (Å²) in [6.07, 6.45) is 0. The van der Waals surface area contributed by atoms with E-state index in [1.54, 1.807) is 13.0 Å². The molecule has 0 saturated carbocycles. The van der Waals surface area contributed by atoms with Gasteiger partial charge in [0.15, 0.2) is 0 Å². The van der Waals surface area contributed by atoms with E-state index in [4.69, 9.17) is 0 Å². The lowest BCUT2D eigenvalue weighted by atomic mass is 10.1. The van der Waals surface area contributed by atoms with Crippen LogP contribution in [0, 0.1) is 6.92 Å². The minimum atomic E-state index is -2.99. The number of esters is 1. The van der Waals surface area contributed by atoms with Crippen LogP contribution in [-0.4, -0.2) is 19.7 Å². The SMILES string of the molecule is COC(=O)c1ccc(Br)c(C)c1OC(F)F. The second-order valence-electron chi connectivity index (χ2n) is 2.92. The Balaban J connectivity index is 3.27. The van der Waals surface area contributed by atoms with Crippen molar-refractivity contribution in [3.8, 4) is 5.75 Å². The maximum absolute atomic E-state index is 12.2. The van der Waals surface area contributed by atoms with Crippen molar-refractivity contribution in [2.75, 3.05) is 7.11 Å². The number of ether oxygens (including phenoxy) is 2. The maximum Gasteiger partial charge on any atom is 0.387 e. The molecule has 1 aromatic rings. The molecule has 1 rings (SSSR count). The van der Waals surface area contributed by atoms with Crippen LogP contribution in [0.2, 0.25) is 0 Å². The van der Waals surface area contributed by atoms with Gasteiger partial charge in [0.25, 0.3) is 0 Å². The van der Waals surface area contributed by atoms with Crippen LogP contribution >= 0.6 is 15.9 Å². The van der Waals surface area contributed by atoms with Crippen LogP contribution in [-0.2, 0) is 4.74 Å². The smallest absolute Gasteiger partial charge is 0.387 e. The topological polar surface area (TPSA) is 35.5 Å². The summed E-state index contributed by atoms with van der Waals surface area (Å²) in [5.41, 5.74) is 0.395. The van der Waals surface area contributed by atoms with Crippen molar-refractivity contribution in [2.24, 2.45) is 0 Å². The summed E-state index contributed by atoms with van der Waals surface area (Å²) >= 11 is 3.16. The summed E-state index contributed by atoms with van der Waals surface area (Å²) in [5.74, 6) is -0.887. The van der Waals surface area contributed by atoms with Crippen LogP contribution in [0.15, 0.2) is 16.6 Å². The monoisotopic (exact) mass is 294 g/mol. The molecule has 0 aliphatic carbocycles. The normalized spacial score (nSPS) is 10.4. The first kappa shape index (κ1) is 12.9. The number of hydrogen-bond acceptors (Lipinski definition) is 3. The quantitative estimate of drug-likeness (QED) is 0.804. The number of benzene rings is 1. The van der Waals surface area contributed by atoms with Crippen LogP contribution in [0.4, 0.5) is 8.78 Å². The Morgan fingerprint density at radius 2 is 2.06 bits per heavy atom. The molecule has 0 unspecified atom stereocenters. The van der Waals surface area contributed by atoms with Gasteiger partial charge in [0.1, 0.15) is 11.3 Å². The molecule has 6 heteroatoms. The van der Waals surface area contributed by atoms with E-state index in [0.717, 1.165) is 0 Å². The molecule has 0 saturated heterocycles. The standard InChI is InChI=1S/C10H9BrF2O3/c1-5-7(11)4-3-6(9(14)15-2)8(5)16-10(12)13/h3-4,10H,1-2H3. The highest BCUT2D eigenvalue weighted by molar-refractivity contribution is 9.10. The predicted molar refractivity (Wildman–Crippen MR) is 56.9 cm³/mol. The summed E-state index contributed by atoms with van der Waals surface area (Å²) in [5, 5.41) is 0. The van der Waals surface area contributed by atoms with Crippen molar-refractivity contribution in [1.82, 2.24) is 0 Å². The average Bonchev–Trinajstić information content (AvgIpc) is 2.23. The molecule has 0 bridgehead atoms. The lowest BCUT2D eigenvalue weighted by Gasteiger charge is -2.13. The van der Waals surface area contributed by atoms with E-state index in [1.807, 2.05) is 0 Å². The fourth-order valence-electron chi connectivity index (χ4n) is 1.18. The Labute approximate surface area is 99.5 Å². The van der Waals surface area contributed by atoms with Crippen LogP contribution in [0.3, 0.4) is 0 Å². The first-order valence-electron chi connectivity index (χ1n) is 4.29. The lowest BCUT2D eigenvalue weighted by Crippen LogP contribution is -2.10. The fourth-order valence-corrected chi connectivity index (χ4v) is 1.49. The second kappa shape index (κ2) is 5.25. The molecule has 0 aromatic heterocycles.